The highest BCUT2D eigenvalue weighted by molar-refractivity contribution is 9.10. The van der Waals surface area contributed by atoms with Crippen molar-refractivity contribution in [2.45, 2.75) is 12.6 Å². The number of rotatable bonds is 5. The summed E-state index contributed by atoms with van der Waals surface area (Å²) in [4.78, 5) is 10.3. The maximum absolute atomic E-state index is 12.6. The van der Waals surface area contributed by atoms with Gasteiger partial charge in [0, 0.05) is 10.2 Å². The molecule has 0 amide bonds. The van der Waals surface area contributed by atoms with E-state index in [-0.39, 0.29) is 10.2 Å². The number of nitrogens with one attached hydrogen (secondary N) is 1. The standard InChI is InChI=1S/C10H9BrF3NO4S/c11-8-2-1-6(5-7(8)10(12,13)14)15-20(18,19)4-3-9(16)17/h1-2,5,15H,3-4H2,(H,16,17). The molecule has 0 atom stereocenters. The van der Waals surface area contributed by atoms with Gasteiger partial charge < -0.3 is 5.11 Å². The summed E-state index contributed by atoms with van der Waals surface area (Å²) in [6.07, 6.45) is -5.28. The van der Waals surface area contributed by atoms with Gasteiger partial charge >= 0.3 is 12.1 Å². The van der Waals surface area contributed by atoms with E-state index in [0.717, 1.165) is 12.1 Å². The van der Waals surface area contributed by atoms with Gasteiger partial charge in [0.15, 0.2) is 0 Å². The molecule has 0 fully saturated rings. The highest BCUT2D eigenvalue weighted by Gasteiger charge is 2.33. The van der Waals surface area contributed by atoms with Gasteiger partial charge in [-0.25, -0.2) is 8.42 Å². The topological polar surface area (TPSA) is 83.5 Å². The summed E-state index contributed by atoms with van der Waals surface area (Å²) in [6, 6.07) is 2.82. The molecule has 0 aromatic heterocycles. The van der Waals surface area contributed by atoms with Gasteiger partial charge in [-0.1, -0.05) is 15.9 Å². The Morgan fingerprint density at radius 2 is 1.95 bits per heavy atom. The minimum atomic E-state index is -4.64. The van der Waals surface area contributed by atoms with E-state index >= 15 is 0 Å². The fourth-order valence-corrected chi connectivity index (χ4v) is 2.76. The third-order valence-corrected chi connectivity index (χ3v) is 4.11. The van der Waals surface area contributed by atoms with Crippen LogP contribution >= 0.6 is 15.9 Å². The number of aliphatic carboxylic acids is 1. The second kappa shape index (κ2) is 6.00. The first-order chi connectivity index (χ1) is 9.01. The summed E-state index contributed by atoms with van der Waals surface area (Å²) >= 11 is 2.72. The molecule has 0 bridgehead atoms. The van der Waals surface area contributed by atoms with Crippen molar-refractivity contribution in [3.63, 3.8) is 0 Å². The van der Waals surface area contributed by atoms with Gasteiger partial charge in [0.2, 0.25) is 10.0 Å². The number of sulfonamides is 1. The van der Waals surface area contributed by atoms with E-state index in [1.54, 1.807) is 0 Å². The molecule has 1 rings (SSSR count). The van der Waals surface area contributed by atoms with E-state index in [9.17, 15) is 26.4 Å². The first-order valence-corrected chi connectivity index (χ1v) is 7.55. The van der Waals surface area contributed by atoms with Gasteiger partial charge in [0.25, 0.3) is 0 Å². The van der Waals surface area contributed by atoms with Crippen LogP contribution in [0.5, 0.6) is 0 Å². The van der Waals surface area contributed by atoms with Crippen LogP contribution in [-0.2, 0) is 21.0 Å². The van der Waals surface area contributed by atoms with Crippen molar-refractivity contribution < 1.29 is 31.5 Å². The number of carboxylic acids is 1. The molecule has 0 unspecified atom stereocenters. The molecule has 0 saturated carbocycles. The monoisotopic (exact) mass is 375 g/mol. The summed E-state index contributed by atoms with van der Waals surface area (Å²) in [5.41, 5.74) is -1.32. The predicted molar refractivity (Wildman–Crippen MR) is 68.8 cm³/mol. The highest BCUT2D eigenvalue weighted by Crippen LogP contribution is 2.36. The van der Waals surface area contributed by atoms with E-state index in [1.807, 2.05) is 4.72 Å². The zero-order chi connectivity index (χ0) is 15.6. The second-order valence-electron chi connectivity index (χ2n) is 3.76. The second-order valence-corrected chi connectivity index (χ2v) is 6.45. The van der Waals surface area contributed by atoms with Crippen LogP contribution in [0.3, 0.4) is 0 Å². The van der Waals surface area contributed by atoms with E-state index in [4.69, 9.17) is 5.11 Å². The molecule has 112 valence electrons. The Balaban J connectivity index is 2.97. The number of carbonyl (C=O) groups is 1. The van der Waals surface area contributed by atoms with Gasteiger partial charge in [-0.2, -0.15) is 13.2 Å². The molecule has 1 aromatic carbocycles. The largest absolute Gasteiger partial charge is 0.481 e. The van der Waals surface area contributed by atoms with E-state index in [2.05, 4.69) is 15.9 Å². The van der Waals surface area contributed by atoms with Gasteiger partial charge in [-0.15, -0.1) is 0 Å². The van der Waals surface area contributed by atoms with Crippen molar-refractivity contribution in [3.05, 3.63) is 28.2 Å². The van der Waals surface area contributed by atoms with Crippen LogP contribution in [0.25, 0.3) is 0 Å². The summed E-state index contributed by atoms with van der Waals surface area (Å²) in [5, 5.41) is 8.38. The summed E-state index contributed by atoms with van der Waals surface area (Å²) in [6.45, 7) is 0. The van der Waals surface area contributed by atoms with Crippen LogP contribution in [0.15, 0.2) is 22.7 Å². The molecule has 1 aromatic rings. The number of benzene rings is 1. The molecule has 0 aliphatic heterocycles. The Kier molecular flexibility index (Phi) is 5.03. The van der Waals surface area contributed by atoms with Crippen molar-refractivity contribution in [1.29, 1.82) is 0 Å². The Morgan fingerprint density at radius 1 is 1.35 bits per heavy atom. The molecule has 0 aliphatic carbocycles. The van der Waals surface area contributed by atoms with Gasteiger partial charge in [0.1, 0.15) is 0 Å². The van der Waals surface area contributed by atoms with E-state index in [0.29, 0.717) is 6.07 Å². The lowest BCUT2D eigenvalue weighted by molar-refractivity contribution is -0.138. The third kappa shape index (κ3) is 5.00. The van der Waals surface area contributed by atoms with Crippen molar-refractivity contribution in [1.82, 2.24) is 0 Å². The smallest absolute Gasteiger partial charge is 0.417 e. The minimum Gasteiger partial charge on any atom is -0.481 e. The SMILES string of the molecule is O=C(O)CCS(=O)(=O)Nc1ccc(Br)c(C(F)(F)F)c1. The summed E-state index contributed by atoms with van der Waals surface area (Å²) in [7, 11) is -4.02. The van der Waals surface area contributed by atoms with E-state index < -0.39 is 39.9 Å². The number of halogens is 4. The summed E-state index contributed by atoms with van der Waals surface area (Å²) in [5.74, 6) is -2.04. The zero-order valence-corrected chi connectivity index (χ0v) is 12.1. The average molecular weight is 376 g/mol. The van der Waals surface area contributed by atoms with Crippen molar-refractivity contribution in [2.75, 3.05) is 10.5 Å². The number of hydrogen-bond acceptors (Lipinski definition) is 3. The highest BCUT2D eigenvalue weighted by atomic mass is 79.9. The fraction of sp³-hybridized carbons (Fsp3) is 0.300. The lowest BCUT2D eigenvalue weighted by atomic mass is 10.2. The Hall–Kier alpha value is -1.29. The lowest BCUT2D eigenvalue weighted by Crippen LogP contribution is -2.19. The van der Waals surface area contributed by atoms with Gasteiger partial charge in [-0.05, 0) is 18.2 Å². The van der Waals surface area contributed by atoms with Crippen LogP contribution in [0.4, 0.5) is 18.9 Å². The van der Waals surface area contributed by atoms with Crippen LogP contribution in [-0.4, -0.2) is 25.2 Å². The minimum absolute atomic E-state index is 0.224. The number of alkyl halides is 3. The Labute approximate surface area is 121 Å². The molecular weight excluding hydrogens is 367 g/mol. The maximum atomic E-state index is 12.6. The maximum Gasteiger partial charge on any atom is 0.417 e. The molecule has 2 N–H and O–H groups in total. The molecule has 0 radical (unpaired) electrons. The molecular formula is C10H9BrF3NO4S. The van der Waals surface area contributed by atoms with Gasteiger partial charge in [0.05, 0.1) is 17.7 Å². The first-order valence-electron chi connectivity index (χ1n) is 5.10. The average Bonchev–Trinajstić information content (AvgIpc) is 2.27. The van der Waals surface area contributed by atoms with Gasteiger partial charge in [-0.3, -0.25) is 9.52 Å². The molecule has 0 spiro atoms. The molecule has 0 saturated heterocycles. The van der Waals surface area contributed by atoms with Crippen LogP contribution < -0.4 is 4.72 Å². The van der Waals surface area contributed by atoms with E-state index in [1.165, 1.54) is 0 Å². The Bertz CT molecular complexity index is 615. The van der Waals surface area contributed by atoms with Crippen LogP contribution in [0, 0.1) is 0 Å². The molecule has 0 aliphatic rings. The predicted octanol–water partition coefficient (Wildman–Crippen LogP) is 2.68. The molecule has 5 nitrogen and oxygen atoms in total. The third-order valence-electron chi connectivity index (χ3n) is 2.13. The zero-order valence-electron chi connectivity index (χ0n) is 9.74. The lowest BCUT2D eigenvalue weighted by Gasteiger charge is -2.12. The molecule has 10 heteroatoms. The van der Waals surface area contributed by atoms with Crippen molar-refractivity contribution in [2.24, 2.45) is 0 Å². The number of hydrogen-bond donors (Lipinski definition) is 2. The number of carboxylic acid groups (broad SMARTS) is 1. The summed E-state index contributed by atoms with van der Waals surface area (Å²) < 4.78 is 62.5. The normalized spacial score (nSPS) is 12.2. The van der Waals surface area contributed by atoms with Crippen LogP contribution in [0.1, 0.15) is 12.0 Å². The molecule has 20 heavy (non-hydrogen) atoms. The van der Waals surface area contributed by atoms with Crippen molar-refractivity contribution in [3.8, 4) is 0 Å². The van der Waals surface area contributed by atoms with Crippen molar-refractivity contribution >= 4 is 37.6 Å². The van der Waals surface area contributed by atoms with Crippen LogP contribution in [0.2, 0.25) is 0 Å². The first kappa shape index (κ1) is 16.8. The Morgan fingerprint density at radius 3 is 2.45 bits per heavy atom. The fourth-order valence-electron chi connectivity index (χ4n) is 1.26. The molecule has 0 heterocycles. The number of anilines is 1. The quantitative estimate of drug-likeness (QED) is 0.828.